The topological polar surface area (TPSA) is 94.8 Å². The van der Waals surface area contributed by atoms with Crippen LogP contribution in [0.25, 0.3) is 0 Å². The Morgan fingerprint density at radius 2 is 1.75 bits per heavy atom. The van der Waals surface area contributed by atoms with E-state index in [1.807, 2.05) is 0 Å². The molecule has 0 aromatic heterocycles. The van der Waals surface area contributed by atoms with Crippen LogP contribution in [0.2, 0.25) is 0 Å². The first-order chi connectivity index (χ1) is 5.29. The summed E-state index contributed by atoms with van der Waals surface area (Å²) in [4.78, 5) is 25.7. The summed E-state index contributed by atoms with van der Waals surface area (Å²) >= 11 is 0. The van der Waals surface area contributed by atoms with Crippen molar-refractivity contribution in [2.75, 3.05) is 6.16 Å². The summed E-state index contributed by atoms with van der Waals surface area (Å²) in [6.07, 6.45) is -0.0835. The van der Waals surface area contributed by atoms with Gasteiger partial charge in [0.05, 0.1) is 6.16 Å². The van der Waals surface area contributed by atoms with E-state index >= 15 is 0 Å². The molecule has 0 saturated heterocycles. The molecule has 12 heavy (non-hydrogen) atoms. The second kappa shape index (κ2) is 7.43. The number of aliphatic hydroxyl groups excluding tert-OH is 1. The average Bonchev–Trinajstić information content (AvgIpc) is 1.80. The van der Waals surface area contributed by atoms with Crippen molar-refractivity contribution in [3.63, 3.8) is 0 Å². The third-order valence-corrected chi connectivity index (χ3v) is 1.38. The molecular formula is C6H15O5P. The minimum Gasteiger partial charge on any atom is -0.394 e. The Kier molecular flexibility index (Phi) is 8.86. The van der Waals surface area contributed by atoms with E-state index in [1.165, 1.54) is 0 Å². The first-order valence-electron chi connectivity index (χ1n) is 3.46. The molecule has 0 saturated carbocycles. The minimum absolute atomic E-state index is 0.0652. The average molecular weight is 198 g/mol. The van der Waals surface area contributed by atoms with E-state index in [0.29, 0.717) is 6.29 Å². The van der Waals surface area contributed by atoms with Crippen molar-refractivity contribution >= 4 is 13.9 Å². The molecule has 5 nitrogen and oxygen atoms in total. The third-order valence-electron chi connectivity index (χ3n) is 0.538. The third kappa shape index (κ3) is 33.0. The van der Waals surface area contributed by atoms with Crippen molar-refractivity contribution in [2.45, 2.75) is 26.4 Å². The first kappa shape index (κ1) is 14.3. The van der Waals surface area contributed by atoms with Gasteiger partial charge in [0.15, 0.2) is 0 Å². The zero-order chi connectivity index (χ0) is 10.2. The molecule has 0 rings (SSSR count). The summed E-state index contributed by atoms with van der Waals surface area (Å²) in [5.41, 5.74) is 0. The van der Waals surface area contributed by atoms with E-state index in [9.17, 15) is 9.36 Å². The molecule has 0 aliphatic heterocycles. The largest absolute Gasteiger partial charge is 0.394 e. The van der Waals surface area contributed by atoms with Gasteiger partial charge in [-0.1, -0.05) is 0 Å². The van der Waals surface area contributed by atoms with Crippen LogP contribution < -0.4 is 0 Å². The quantitative estimate of drug-likeness (QED) is 0.443. The summed E-state index contributed by atoms with van der Waals surface area (Å²) in [5.74, 6) is 0. The van der Waals surface area contributed by atoms with Gasteiger partial charge >= 0.3 is 7.60 Å². The maximum atomic E-state index is 9.93. The van der Waals surface area contributed by atoms with Crippen LogP contribution in [0.1, 0.15) is 20.3 Å². The van der Waals surface area contributed by atoms with E-state index < -0.39 is 7.60 Å². The van der Waals surface area contributed by atoms with Gasteiger partial charge in [0.25, 0.3) is 0 Å². The van der Waals surface area contributed by atoms with Crippen molar-refractivity contribution in [1.29, 1.82) is 0 Å². The molecule has 0 atom stereocenters. The maximum absolute atomic E-state index is 9.93. The van der Waals surface area contributed by atoms with Gasteiger partial charge < -0.3 is 19.7 Å². The number of aldehydes is 1. The van der Waals surface area contributed by atoms with Crippen LogP contribution in [0.15, 0.2) is 0 Å². The highest BCUT2D eigenvalue weighted by atomic mass is 31.2. The predicted octanol–water partition coefficient (Wildman–Crippen LogP) is 0.140. The normalized spacial score (nSPS) is 10.5. The smallest absolute Gasteiger partial charge is 0.325 e. The molecule has 6 heteroatoms. The van der Waals surface area contributed by atoms with Crippen LogP contribution in [0.3, 0.4) is 0 Å². The molecule has 0 spiro atoms. The van der Waals surface area contributed by atoms with Gasteiger partial charge in [-0.15, -0.1) is 0 Å². The van der Waals surface area contributed by atoms with Crippen molar-refractivity contribution in [1.82, 2.24) is 0 Å². The molecule has 0 amide bonds. The van der Waals surface area contributed by atoms with Crippen LogP contribution in [0, 0.1) is 0 Å². The lowest BCUT2D eigenvalue weighted by atomic mass is 10.5. The number of hydrogen-bond acceptors (Lipinski definition) is 3. The fraction of sp³-hybridized carbons (Fsp3) is 0.833. The molecule has 0 radical (unpaired) electrons. The fourth-order valence-corrected chi connectivity index (χ4v) is 0.663. The summed E-state index contributed by atoms with van der Waals surface area (Å²) < 4.78 is 9.93. The van der Waals surface area contributed by atoms with Crippen LogP contribution in [0.4, 0.5) is 0 Å². The zero-order valence-corrected chi connectivity index (χ0v) is 8.07. The highest BCUT2D eigenvalue weighted by molar-refractivity contribution is 7.51. The molecule has 0 aromatic carbocycles. The van der Waals surface area contributed by atoms with Crippen molar-refractivity contribution < 1.29 is 24.3 Å². The Morgan fingerprint density at radius 1 is 1.42 bits per heavy atom. The molecule has 0 aliphatic rings. The Hall–Kier alpha value is -0.220. The van der Waals surface area contributed by atoms with Crippen molar-refractivity contribution in [3.8, 4) is 0 Å². The second-order valence-corrected chi connectivity index (χ2v) is 4.21. The number of carbonyl (C=O) groups excluding carboxylic acids is 1. The molecule has 3 N–H and O–H groups in total. The lowest BCUT2D eigenvalue weighted by Crippen LogP contribution is -1.86. The molecule has 0 heterocycles. The lowest BCUT2D eigenvalue weighted by Gasteiger charge is -1.96. The van der Waals surface area contributed by atoms with Crippen LogP contribution in [-0.2, 0) is 9.36 Å². The van der Waals surface area contributed by atoms with Crippen LogP contribution >= 0.6 is 7.60 Å². The van der Waals surface area contributed by atoms with Gasteiger partial charge in [-0.3, -0.25) is 4.57 Å². The van der Waals surface area contributed by atoms with Crippen LogP contribution in [-0.4, -0.2) is 33.4 Å². The summed E-state index contributed by atoms with van der Waals surface area (Å²) in [7, 11) is -3.91. The van der Waals surface area contributed by atoms with Gasteiger partial charge in [-0.2, -0.15) is 0 Å². The predicted molar refractivity (Wildman–Crippen MR) is 44.9 cm³/mol. The van der Waals surface area contributed by atoms with Crippen molar-refractivity contribution in [2.24, 2.45) is 0 Å². The van der Waals surface area contributed by atoms with Gasteiger partial charge in [-0.05, 0) is 13.8 Å². The molecule has 0 aromatic rings. The van der Waals surface area contributed by atoms with Gasteiger partial charge in [0, 0.05) is 12.5 Å². The molecule has 74 valence electrons. The summed E-state index contributed by atoms with van der Waals surface area (Å²) in [6, 6.07) is 0. The SMILES string of the molecule is CC(C)O.O=CCCP(=O)(O)O. The highest BCUT2D eigenvalue weighted by Gasteiger charge is 2.10. The molecular weight excluding hydrogens is 183 g/mol. The molecule has 0 fully saturated rings. The van der Waals surface area contributed by atoms with Gasteiger partial charge in [0.1, 0.15) is 6.29 Å². The molecule has 0 aliphatic carbocycles. The van der Waals surface area contributed by atoms with E-state index in [4.69, 9.17) is 14.9 Å². The van der Waals surface area contributed by atoms with E-state index in [0.717, 1.165) is 0 Å². The Balaban J connectivity index is 0. The second-order valence-electron chi connectivity index (χ2n) is 2.44. The summed E-state index contributed by atoms with van der Waals surface area (Å²) in [5, 5.41) is 8.06. The molecule has 0 bridgehead atoms. The highest BCUT2D eigenvalue weighted by Crippen LogP contribution is 2.34. The van der Waals surface area contributed by atoms with Gasteiger partial charge in [-0.25, -0.2) is 0 Å². The number of rotatable bonds is 3. The monoisotopic (exact) mass is 198 g/mol. The lowest BCUT2D eigenvalue weighted by molar-refractivity contribution is -0.107. The maximum Gasteiger partial charge on any atom is 0.325 e. The minimum atomic E-state index is -3.91. The van der Waals surface area contributed by atoms with Gasteiger partial charge in [0.2, 0.25) is 0 Å². The Labute approximate surface area is 71.6 Å². The van der Waals surface area contributed by atoms with Crippen molar-refractivity contribution in [3.05, 3.63) is 0 Å². The number of aliphatic hydroxyl groups is 1. The van der Waals surface area contributed by atoms with E-state index in [1.54, 1.807) is 13.8 Å². The fourth-order valence-electron chi connectivity index (χ4n) is 0.221. The Morgan fingerprint density at radius 3 is 1.83 bits per heavy atom. The van der Waals surface area contributed by atoms with Crippen LogP contribution in [0.5, 0.6) is 0 Å². The standard InChI is InChI=1S/C3H7O4P.C3H8O/c4-2-1-3-8(5,6)7;1-3(2)4/h2H,1,3H2,(H2,5,6,7);3-4H,1-2H3. The number of hydrogen-bond donors (Lipinski definition) is 3. The zero-order valence-electron chi connectivity index (χ0n) is 7.17. The van der Waals surface area contributed by atoms with E-state index in [2.05, 4.69) is 0 Å². The summed E-state index contributed by atoms with van der Waals surface area (Å²) in [6.45, 7) is 3.44. The Bertz CT molecular complexity index is 147. The van der Waals surface area contributed by atoms with E-state index in [-0.39, 0.29) is 18.7 Å². The first-order valence-corrected chi connectivity index (χ1v) is 5.25. The number of carbonyl (C=O) groups is 1. The molecule has 0 unspecified atom stereocenters.